The van der Waals surface area contributed by atoms with Crippen LogP contribution in [0.4, 0.5) is 32.2 Å². The standard InChI is InChI=1S/C20H22F6N6O5/c1-11(37-13-6-29-30-17(34)16(13)20(24,25)26)9-36-10-12(33)18(35)32-4-2-31(3-5-32)15-8-27-14(7-28-15)19(21,22)23/h6-8,11-12,33H,2-5,9-10H2,1H3,(H,30,34)/t11-,12+/m0/s1. The Morgan fingerprint density at radius 3 is 2.30 bits per heavy atom. The van der Waals surface area contributed by atoms with Gasteiger partial charge in [0.1, 0.15) is 11.9 Å². The molecule has 2 N–H and O–H groups in total. The van der Waals surface area contributed by atoms with Gasteiger partial charge in [-0.1, -0.05) is 0 Å². The molecule has 0 unspecified atom stereocenters. The van der Waals surface area contributed by atoms with Crippen LogP contribution in [-0.4, -0.2) is 87.7 Å². The van der Waals surface area contributed by atoms with E-state index in [0.717, 1.165) is 6.20 Å². The van der Waals surface area contributed by atoms with Crippen molar-refractivity contribution in [3.63, 3.8) is 0 Å². The number of alkyl halides is 6. The van der Waals surface area contributed by atoms with E-state index in [1.807, 2.05) is 0 Å². The van der Waals surface area contributed by atoms with Crippen LogP contribution in [0.1, 0.15) is 18.2 Å². The summed E-state index contributed by atoms with van der Waals surface area (Å²) in [6.45, 7) is 1.33. The van der Waals surface area contributed by atoms with E-state index in [2.05, 4.69) is 15.1 Å². The van der Waals surface area contributed by atoms with E-state index in [9.17, 15) is 41.0 Å². The van der Waals surface area contributed by atoms with Crippen LogP contribution in [0.3, 0.4) is 0 Å². The molecule has 3 rings (SSSR count). The van der Waals surface area contributed by atoms with Crippen molar-refractivity contribution in [3.8, 4) is 5.75 Å². The topological polar surface area (TPSA) is 134 Å². The van der Waals surface area contributed by atoms with Crippen LogP contribution in [0.2, 0.25) is 0 Å². The van der Waals surface area contributed by atoms with Gasteiger partial charge in [0.25, 0.3) is 11.5 Å². The zero-order valence-corrected chi connectivity index (χ0v) is 19.2. The highest BCUT2D eigenvalue weighted by atomic mass is 19.4. The van der Waals surface area contributed by atoms with Gasteiger partial charge in [-0.2, -0.15) is 31.4 Å². The van der Waals surface area contributed by atoms with Crippen LogP contribution < -0.4 is 15.2 Å². The molecule has 1 aliphatic rings. The summed E-state index contributed by atoms with van der Waals surface area (Å²) in [5.74, 6) is -1.24. The number of rotatable bonds is 8. The van der Waals surface area contributed by atoms with Gasteiger partial charge in [-0.05, 0) is 6.92 Å². The van der Waals surface area contributed by atoms with Gasteiger partial charge in [-0.25, -0.2) is 15.1 Å². The Morgan fingerprint density at radius 2 is 1.73 bits per heavy atom. The van der Waals surface area contributed by atoms with E-state index in [1.54, 1.807) is 10.00 Å². The SMILES string of the molecule is C[C@@H](COC[C@@H](O)C(=O)N1CCN(c2cnc(C(F)(F)F)cn2)CC1)Oc1cn[nH]c(=O)c1C(F)(F)F. The first-order valence-corrected chi connectivity index (χ1v) is 10.8. The van der Waals surface area contributed by atoms with Gasteiger partial charge in [0.2, 0.25) is 0 Å². The number of aliphatic hydroxyl groups excluding tert-OH is 1. The van der Waals surface area contributed by atoms with Crippen molar-refractivity contribution >= 4 is 11.7 Å². The summed E-state index contributed by atoms with van der Waals surface area (Å²) in [6.07, 6.45) is -9.83. The molecule has 0 radical (unpaired) electrons. The van der Waals surface area contributed by atoms with Crippen LogP contribution in [0.25, 0.3) is 0 Å². The van der Waals surface area contributed by atoms with E-state index in [4.69, 9.17) is 9.47 Å². The zero-order chi connectivity index (χ0) is 27.4. The number of carbonyl (C=O) groups excluding carboxylic acids is 1. The number of hydrogen-bond acceptors (Lipinski definition) is 9. The summed E-state index contributed by atoms with van der Waals surface area (Å²) in [5, 5.41) is 15.1. The molecule has 0 spiro atoms. The number of piperazine rings is 1. The number of aliphatic hydroxyl groups is 1. The highest BCUT2D eigenvalue weighted by molar-refractivity contribution is 5.81. The maximum absolute atomic E-state index is 13.1. The number of carbonyl (C=O) groups is 1. The van der Waals surface area contributed by atoms with Crippen LogP contribution in [0.5, 0.6) is 5.75 Å². The predicted molar refractivity (Wildman–Crippen MR) is 113 cm³/mol. The van der Waals surface area contributed by atoms with Gasteiger partial charge in [-0.15, -0.1) is 0 Å². The molecule has 11 nitrogen and oxygen atoms in total. The van der Waals surface area contributed by atoms with Crippen LogP contribution in [-0.2, 0) is 21.9 Å². The highest BCUT2D eigenvalue weighted by Gasteiger charge is 2.39. The Kier molecular flexibility index (Phi) is 8.57. The first kappa shape index (κ1) is 28.1. The first-order valence-electron chi connectivity index (χ1n) is 10.8. The van der Waals surface area contributed by atoms with E-state index < -0.39 is 59.6 Å². The van der Waals surface area contributed by atoms with Crippen LogP contribution >= 0.6 is 0 Å². The van der Waals surface area contributed by atoms with Crippen molar-refractivity contribution in [2.45, 2.75) is 31.5 Å². The predicted octanol–water partition coefficient (Wildman–Crippen LogP) is 1.09. The smallest absolute Gasteiger partial charge is 0.434 e. The number of halogens is 6. The molecule has 37 heavy (non-hydrogen) atoms. The minimum absolute atomic E-state index is 0.147. The summed E-state index contributed by atoms with van der Waals surface area (Å²) < 4.78 is 87.4. The summed E-state index contributed by atoms with van der Waals surface area (Å²) in [5.41, 5.74) is -4.14. The Hall–Kier alpha value is -3.47. The van der Waals surface area contributed by atoms with Crippen LogP contribution in [0.15, 0.2) is 23.4 Å². The molecule has 1 saturated heterocycles. The molecule has 3 heterocycles. The second-order valence-corrected chi connectivity index (χ2v) is 7.99. The van der Waals surface area contributed by atoms with Crippen molar-refractivity contribution in [2.24, 2.45) is 0 Å². The summed E-state index contributed by atoms with van der Waals surface area (Å²) >= 11 is 0. The number of amides is 1. The number of H-pyrrole nitrogens is 1. The molecular formula is C20H22F6N6O5. The van der Waals surface area contributed by atoms with Crippen molar-refractivity contribution in [1.82, 2.24) is 25.1 Å². The monoisotopic (exact) mass is 540 g/mol. The molecule has 0 aliphatic carbocycles. The second-order valence-electron chi connectivity index (χ2n) is 7.99. The number of aromatic nitrogens is 4. The number of hydrogen-bond donors (Lipinski definition) is 2. The van der Waals surface area contributed by atoms with Gasteiger partial charge in [0.15, 0.2) is 23.1 Å². The maximum Gasteiger partial charge on any atom is 0.434 e. The van der Waals surface area contributed by atoms with E-state index in [1.165, 1.54) is 11.8 Å². The number of aromatic amines is 1. The minimum Gasteiger partial charge on any atom is -0.486 e. The number of anilines is 1. The molecule has 0 bridgehead atoms. The number of ether oxygens (including phenoxy) is 2. The fourth-order valence-electron chi connectivity index (χ4n) is 3.40. The molecule has 2 aromatic rings. The van der Waals surface area contributed by atoms with Gasteiger partial charge in [0, 0.05) is 26.2 Å². The zero-order valence-electron chi connectivity index (χ0n) is 19.2. The van der Waals surface area contributed by atoms with Crippen molar-refractivity contribution < 1.29 is 45.7 Å². The maximum atomic E-state index is 13.1. The van der Waals surface area contributed by atoms with Crippen molar-refractivity contribution in [1.29, 1.82) is 0 Å². The lowest BCUT2D eigenvalue weighted by Crippen LogP contribution is -2.52. The Morgan fingerprint density at radius 1 is 1.05 bits per heavy atom. The minimum atomic E-state index is -4.97. The van der Waals surface area contributed by atoms with E-state index in [-0.39, 0.29) is 38.6 Å². The Bertz CT molecular complexity index is 1120. The number of nitrogens with one attached hydrogen (secondary N) is 1. The summed E-state index contributed by atoms with van der Waals surface area (Å²) in [6, 6.07) is 0. The normalized spacial score (nSPS) is 16.4. The molecule has 1 fully saturated rings. The Labute approximate surface area is 205 Å². The summed E-state index contributed by atoms with van der Waals surface area (Å²) in [4.78, 5) is 34.0. The quantitative estimate of drug-likeness (QED) is 0.472. The van der Waals surface area contributed by atoms with Crippen molar-refractivity contribution in [2.75, 3.05) is 44.3 Å². The molecular weight excluding hydrogens is 518 g/mol. The van der Waals surface area contributed by atoms with Gasteiger partial charge in [0.05, 0.1) is 31.8 Å². The number of nitrogens with zero attached hydrogens (tertiary/aromatic N) is 5. The third kappa shape index (κ3) is 7.28. The lowest BCUT2D eigenvalue weighted by molar-refractivity contribution is -0.145. The molecule has 0 saturated carbocycles. The average Bonchev–Trinajstić information content (AvgIpc) is 2.82. The highest BCUT2D eigenvalue weighted by Crippen LogP contribution is 2.33. The largest absolute Gasteiger partial charge is 0.486 e. The third-order valence-corrected chi connectivity index (χ3v) is 5.19. The van der Waals surface area contributed by atoms with E-state index >= 15 is 0 Å². The fourth-order valence-corrected chi connectivity index (χ4v) is 3.40. The van der Waals surface area contributed by atoms with Gasteiger partial charge < -0.3 is 24.4 Å². The average molecular weight is 540 g/mol. The van der Waals surface area contributed by atoms with Gasteiger partial charge in [-0.3, -0.25) is 9.59 Å². The summed E-state index contributed by atoms with van der Waals surface area (Å²) in [7, 11) is 0. The lowest BCUT2D eigenvalue weighted by Gasteiger charge is -2.36. The molecule has 17 heteroatoms. The molecule has 2 aromatic heterocycles. The first-order chi connectivity index (χ1) is 17.3. The molecule has 2 atom stereocenters. The second kappa shape index (κ2) is 11.3. The van der Waals surface area contributed by atoms with Crippen molar-refractivity contribution in [3.05, 3.63) is 40.2 Å². The van der Waals surface area contributed by atoms with E-state index in [0.29, 0.717) is 12.4 Å². The van der Waals surface area contributed by atoms with Crippen LogP contribution in [0, 0.1) is 0 Å². The molecule has 1 amide bonds. The molecule has 0 aromatic carbocycles. The molecule has 1 aliphatic heterocycles. The Balaban J connectivity index is 1.44. The van der Waals surface area contributed by atoms with Gasteiger partial charge >= 0.3 is 12.4 Å². The lowest BCUT2D eigenvalue weighted by atomic mass is 10.2. The molecule has 204 valence electrons. The fraction of sp³-hybridized carbons (Fsp3) is 0.550. The third-order valence-electron chi connectivity index (χ3n) is 5.19.